The van der Waals surface area contributed by atoms with Gasteiger partial charge >= 0.3 is 0 Å². The van der Waals surface area contributed by atoms with Crippen LogP contribution in [0.5, 0.6) is 0 Å². The summed E-state index contributed by atoms with van der Waals surface area (Å²) in [5.74, 6) is 1.58. The molecule has 0 unspecified atom stereocenters. The summed E-state index contributed by atoms with van der Waals surface area (Å²) in [5, 5.41) is 3.31. The van der Waals surface area contributed by atoms with Crippen molar-refractivity contribution in [1.29, 1.82) is 0 Å². The number of rotatable bonds is 8. The Morgan fingerprint density at radius 2 is 1.76 bits per heavy atom. The van der Waals surface area contributed by atoms with Gasteiger partial charge in [-0.3, -0.25) is 0 Å². The number of nitrogens with zero attached hydrogens (tertiary/aromatic N) is 4. The molecule has 0 aliphatic heterocycles. The van der Waals surface area contributed by atoms with Gasteiger partial charge in [-0.05, 0) is 38.5 Å². The molecule has 1 aromatic heterocycles. The van der Waals surface area contributed by atoms with Crippen LogP contribution < -0.4 is 20.9 Å². The van der Waals surface area contributed by atoms with Gasteiger partial charge in [0.15, 0.2) is 0 Å². The van der Waals surface area contributed by atoms with Crippen LogP contribution in [0.1, 0.15) is 32.9 Å². The molecule has 136 valence electrons. The van der Waals surface area contributed by atoms with Gasteiger partial charge in [-0.2, -0.15) is 4.98 Å². The number of aromatic nitrogens is 2. The highest BCUT2D eigenvalue weighted by atomic mass is 15.2. The van der Waals surface area contributed by atoms with Gasteiger partial charge in [-0.25, -0.2) is 4.98 Å². The maximum atomic E-state index is 6.14. The Morgan fingerprint density at radius 3 is 2.32 bits per heavy atom. The molecule has 0 atom stereocenters. The first kappa shape index (κ1) is 18.8. The van der Waals surface area contributed by atoms with Crippen LogP contribution in [-0.2, 0) is 6.42 Å². The number of benzene rings is 1. The van der Waals surface area contributed by atoms with Crippen molar-refractivity contribution < 1.29 is 0 Å². The van der Waals surface area contributed by atoms with Gasteiger partial charge in [-0.15, -0.1) is 0 Å². The van der Waals surface area contributed by atoms with Crippen molar-refractivity contribution in [3.8, 4) is 0 Å². The van der Waals surface area contributed by atoms with Crippen molar-refractivity contribution in [3.05, 3.63) is 30.0 Å². The van der Waals surface area contributed by atoms with Gasteiger partial charge in [0, 0.05) is 44.6 Å². The third-order valence-electron chi connectivity index (χ3n) is 4.12. The molecule has 0 saturated carbocycles. The van der Waals surface area contributed by atoms with E-state index in [1.165, 1.54) is 0 Å². The lowest BCUT2D eigenvalue weighted by Crippen LogP contribution is -2.23. The van der Waals surface area contributed by atoms with E-state index >= 15 is 0 Å². The van der Waals surface area contributed by atoms with Crippen molar-refractivity contribution in [1.82, 2.24) is 9.97 Å². The Morgan fingerprint density at radius 1 is 1.04 bits per heavy atom. The fourth-order valence-corrected chi connectivity index (χ4v) is 2.80. The van der Waals surface area contributed by atoms with Crippen molar-refractivity contribution in [2.45, 2.75) is 33.6 Å². The minimum atomic E-state index is 0.616. The van der Waals surface area contributed by atoms with Gasteiger partial charge in [0.25, 0.3) is 0 Å². The first-order valence-electron chi connectivity index (χ1n) is 8.95. The summed E-state index contributed by atoms with van der Waals surface area (Å²) in [5.41, 5.74) is 9.81. The summed E-state index contributed by atoms with van der Waals surface area (Å²) in [4.78, 5) is 13.6. The highest BCUT2D eigenvalue weighted by molar-refractivity contribution is 5.73. The third kappa shape index (κ3) is 4.75. The molecule has 1 heterocycles. The highest BCUT2D eigenvalue weighted by Crippen LogP contribution is 2.27. The number of anilines is 5. The standard InChI is InChI=1S/C19H30N6/c1-6-9-14-13-18(25(7-2)8-3)23-19(21-14)22-15-10-11-17(24(4)5)16(20)12-15/h10-13H,6-9,20H2,1-5H3,(H,21,22,23). The van der Waals surface area contributed by atoms with Gasteiger partial charge in [0.05, 0.1) is 11.4 Å². The lowest BCUT2D eigenvalue weighted by molar-refractivity contribution is 0.824. The molecule has 1 aromatic carbocycles. The van der Waals surface area contributed by atoms with E-state index in [-0.39, 0.29) is 0 Å². The fourth-order valence-electron chi connectivity index (χ4n) is 2.80. The van der Waals surface area contributed by atoms with Crippen LogP contribution in [0.3, 0.4) is 0 Å². The second kappa shape index (κ2) is 8.55. The second-order valence-corrected chi connectivity index (χ2v) is 6.26. The van der Waals surface area contributed by atoms with E-state index in [1.807, 2.05) is 37.2 Å². The molecular formula is C19H30N6. The molecule has 2 aromatic rings. The minimum absolute atomic E-state index is 0.616. The van der Waals surface area contributed by atoms with Crippen LogP contribution in [0.25, 0.3) is 0 Å². The van der Waals surface area contributed by atoms with E-state index in [2.05, 4.69) is 42.0 Å². The van der Waals surface area contributed by atoms with E-state index in [9.17, 15) is 0 Å². The van der Waals surface area contributed by atoms with Crippen LogP contribution in [-0.4, -0.2) is 37.2 Å². The summed E-state index contributed by atoms with van der Waals surface area (Å²) in [6, 6.07) is 8.00. The van der Waals surface area contributed by atoms with E-state index in [4.69, 9.17) is 10.7 Å². The topological polar surface area (TPSA) is 70.3 Å². The third-order valence-corrected chi connectivity index (χ3v) is 4.12. The Kier molecular flexibility index (Phi) is 6.44. The Balaban J connectivity index is 2.33. The quantitative estimate of drug-likeness (QED) is 0.713. The van der Waals surface area contributed by atoms with Crippen molar-refractivity contribution in [2.24, 2.45) is 0 Å². The molecule has 0 amide bonds. The Bertz CT molecular complexity index is 694. The molecule has 3 N–H and O–H groups in total. The van der Waals surface area contributed by atoms with E-state index < -0.39 is 0 Å². The number of nitrogens with two attached hydrogens (primary N) is 1. The molecule has 0 aliphatic rings. The smallest absolute Gasteiger partial charge is 0.229 e. The van der Waals surface area contributed by atoms with E-state index in [0.29, 0.717) is 5.95 Å². The van der Waals surface area contributed by atoms with Crippen LogP contribution in [0.4, 0.5) is 28.8 Å². The van der Waals surface area contributed by atoms with Crippen molar-refractivity contribution in [2.75, 3.05) is 48.0 Å². The maximum Gasteiger partial charge on any atom is 0.229 e. The van der Waals surface area contributed by atoms with Crippen LogP contribution in [0.2, 0.25) is 0 Å². The molecule has 2 rings (SSSR count). The molecule has 0 aliphatic carbocycles. The molecule has 6 nitrogen and oxygen atoms in total. The molecule has 25 heavy (non-hydrogen) atoms. The van der Waals surface area contributed by atoms with Crippen molar-refractivity contribution >= 4 is 28.8 Å². The van der Waals surface area contributed by atoms with E-state index in [0.717, 1.165) is 54.5 Å². The van der Waals surface area contributed by atoms with Gasteiger partial charge < -0.3 is 20.9 Å². The summed E-state index contributed by atoms with van der Waals surface area (Å²) in [6.07, 6.45) is 1.99. The highest BCUT2D eigenvalue weighted by Gasteiger charge is 2.10. The molecule has 0 saturated heterocycles. The normalized spacial score (nSPS) is 10.6. The molecule has 0 bridgehead atoms. The fraction of sp³-hybridized carbons (Fsp3) is 0.474. The number of hydrogen-bond acceptors (Lipinski definition) is 6. The van der Waals surface area contributed by atoms with E-state index in [1.54, 1.807) is 0 Å². The van der Waals surface area contributed by atoms with Crippen LogP contribution >= 0.6 is 0 Å². The van der Waals surface area contributed by atoms with Gasteiger partial charge in [-0.1, -0.05) is 13.3 Å². The molecule has 0 spiro atoms. The lowest BCUT2D eigenvalue weighted by atomic mass is 10.2. The first-order chi connectivity index (χ1) is 12.0. The summed E-state index contributed by atoms with van der Waals surface area (Å²) in [6.45, 7) is 8.27. The monoisotopic (exact) mass is 342 g/mol. The maximum absolute atomic E-state index is 6.14. The zero-order chi connectivity index (χ0) is 18.4. The number of aryl methyl sites for hydroxylation is 1. The van der Waals surface area contributed by atoms with Crippen molar-refractivity contribution in [3.63, 3.8) is 0 Å². The minimum Gasteiger partial charge on any atom is -0.397 e. The summed E-state index contributed by atoms with van der Waals surface area (Å²) in [7, 11) is 3.96. The number of nitrogen functional groups attached to an aromatic ring is 1. The largest absolute Gasteiger partial charge is 0.397 e. The zero-order valence-corrected chi connectivity index (χ0v) is 16.0. The zero-order valence-electron chi connectivity index (χ0n) is 16.0. The predicted octanol–water partition coefficient (Wildman–Crippen LogP) is 3.67. The average molecular weight is 342 g/mol. The van der Waals surface area contributed by atoms with Crippen LogP contribution in [0, 0.1) is 0 Å². The second-order valence-electron chi connectivity index (χ2n) is 6.26. The van der Waals surface area contributed by atoms with Crippen LogP contribution in [0.15, 0.2) is 24.3 Å². The Labute approximate surface area is 151 Å². The molecular weight excluding hydrogens is 312 g/mol. The summed E-state index contributed by atoms with van der Waals surface area (Å²) < 4.78 is 0. The molecule has 0 fully saturated rings. The number of hydrogen-bond donors (Lipinski definition) is 2. The molecule has 0 radical (unpaired) electrons. The number of nitrogens with one attached hydrogen (secondary N) is 1. The summed E-state index contributed by atoms with van der Waals surface area (Å²) >= 11 is 0. The SMILES string of the molecule is CCCc1cc(N(CC)CC)nc(Nc2ccc(N(C)C)c(N)c2)n1. The van der Waals surface area contributed by atoms with Gasteiger partial charge in [0.2, 0.25) is 5.95 Å². The Hall–Kier alpha value is -2.50. The predicted molar refractivity (Wildman–Crippen MR) is 108 cm³/mol. The van der Waals surface area contributed by atoms with Gasteiger partial charge in [0.1, 0.15) is 5.82 Å². The first-order valence-corrected chi connectivity index (χ1v) is 8.95. The average Bonchev–Trinajstić information content (AvgIpc) is 2.56. The lowest BCUT2D eigenvalue weighted by Gasteiger charge is -2.21. The molecule has 6 heteroatoms.